The van der Waals surface area contributed by atoms with Crippen molar-refractivity contribution in [2.45, 2.75) is 9.96 Å². The zero-order valence-corrected chi connectivity index (χ0v) is 18.6. The number of anilines is 1. The van der Waals surface area contributed by atoms with Crippen LogP contribution in [0.5, 0.6) is 0 Å². The number of hydrogen-bond acceptors (Lipinski definition) is 2. The van der Waals surface area contributed by atoms with Crippen LogP contribution in [0, 0.1) is 0 Å². The third-order valence-electron chi connectivity index (χ3n) is 3.20. The van der Waals surface area contributed by atoms with Gasteiger partial charge in [0.15, 0.2) is 5.11 Å². The highest BCUT2D eigenvalue weighted by atomic mass is 35.6. The summed E-state index contributed by atoms with van der Waals surface area (Å²) in [6, 6.07) is 11.4. The lowest BCUT2D eigenvalue weighted by Gasteiger charge is -2.28. The van der Waals surface area contributed by atoms with Crippen molar-refractivity contribution in [1.29, 1.82) is 0 Å². The number of hydrogen-bond donors (Lipinski definition) is 3. The Morgan fingerprint density at radius 1 is 0.889 bits per heavy atom. The molecular formula is C16H11Cl6N3OS. The van der Waals surface area contributed by atoms with Gasteiger partial charge in [-0.2, -0.15) is 0 Å². The standard InChI is InChI=1S/C16H11Cl6N3OS/c17-9-5-2-1-4-8(9)13(26)24-14(16(20,21)22)25-15(27)23-12-10(18)6-3-7-11(12)19/h1-7,14H,(H,24,26)(H2,23,25,27). The van der Waals surface area contributed by atoms with E-state index < -0.39 is 15.9 Å². The van der Waals surface area contributed by atoms with Crippen LogP contribution in [0.3, 0.4) is 0 Å². The summed E-state index contributed by atoms with van der Waals surface area (Å²) in [6.45, 7) is 0. The highest BCUT2D eigenvalue weighted by molar-refractivity contribution is 7.80. The summed E-state index contributed by atoms with van der Waals surface area (Å²) in [7, 11) is 0. The fourth-order valence-corrected chi connectivity index (χ4v) is 3.21. The van der Waals surface area contributed by atoms with E-state index in [2.05, 4.69) is 16.0 Å². The summed E-state index contributed by atoms with van der Waals surface area (Å²) in [6.07, 6.45) is -1.17. The maximum Gasteiger partial charge on any atom is 0.254 e. The number of rotatable bonds is 4. The molecule has 0 radical (unpaired) electrons. The highest BCUT2D eigenvalue weighted by Crippen LogP contribution is 2.31. The summed E-state index contributed by atoms with van der Waals surface area (Å²) in [4.78, 5) is 12.5. The molecule has 2 aromatic carbocycles. The molecule has 0 spiro atoms. The fraction of sp³-hybridized carbons (Fsp3) is 0.125. The summed E-state index contributed by atoms with van der Waals surface area (Å²) >= 11 is 41.3. The van der Waals surface area contributed by atoms with Gasteiger partial charge in [-0.05, 0) is 36.5 Å². The summed E-state index contributed by atoms with van der Waals surface area (Å²) in [5.41, 5.74) is 0.590. The lowest BCUT2D eigenvalue weighted by atomic mass is 10.2. The quantitative estimate of drug-likeness (QED) is 0.268. The van der Waals surface area contributed by atoms with E-state index in [4.69, 9.17) is 81.8 Å². The Balaban J connectivity index is 2.14. The Hall–Kier alpha value is -0.660. The topological polar surface area (TPSA) is 53.2 Å². The highest BCUT2D eigenvalue weighted by Gasteiger charge is 2.35. The molecule has 2 aromatic rings. The summed E-state index contributed by atoms with van der Waals surface area (Å²) in [5.74, 6) is -0.553. The van der Waals surface area contributed by atoms with Crippen molar-refractivity contribution in [3.8, 4) is 0 Å². The lowest BCUT2D eigenvalue weighted by molar-refractivity contribution is 0.0934. The Kier molecular flexibility index (Phi) is 8.13. The van der Waals surface area contributed by atoms with Gasteiger partial charge in [-0.15, -0.1) is 0 Å². The SMILES string of the molecule is O=C(NC(NC(=S)Nc1c(Cl)cccc1Cl)C(Cl)(Cl)Cl)c1ccccc1Cl. The van der Waals surface area contributed by atoms with Crippen molar-refractivity contribution in [3.05, 3.63) is 63.1 Å². The van der Waals surface area contributed by atoms with Crippen molar-refractivity contribution in [2.75, 3.05) is 5.32 Å². The van der Waals surface area contributed by atoms with Crippen molar-refractivity contribution in [3.63, 3.8) is 0 Å². The molecule has 0 saturated heterocycles. The van der Waals surface area contributed by atoms with Gasteiger partial charge in [0.05, 0.1) is 26.3 Å². The predicted octanol–water partition coefficient (Wildman–Crippen LogP) is 6.06. The minimum atomic E-state index is -1.92. The smallest absolute Gasteiger partial charge is 0.254 e. The zero-order chi connectivity index (χ0) is 20.2. The monoisotopic (exact) mass is 503 g/mol. The minimum absolute atomic E-state index is 0.0285. The molecule has 2 rings (SSSR count). The number of carbonyl (C=O) groups excluding carboxylic acids is 1. The van der Waals surface area contributed by atoms with Crippen molar-refractivity contribution in [1.82, 2.24) is 10.6 Å². The van der Waals surface area contributed by atoms with Gasteiger partial charge in [-0.3, -0.25) is 4.79 Å². The fourth-order valence-electron chi connectivity index (χ4n) is 1.95. The first-order chi connectivity index (χ1) is 12.6. The molecule has 0 aliphatic rings. The molecule has 1 atom stereocenters. The van der Waals surface area contributed by atoms with Gasteiger partial charge in [0, 0.05) is 0 Å². The van der Waals surface area contributed by atoms with Gasteiger partial charge in [-0.25, -0.2) is 0 Å². The largest absolute Gasteiger partial charge is 0.339 e. The molecule has 0 heterocycles. The van der Waals surface area contributed by atoms with Crippen LogP contribution in [-0.4, -0.2) is 21.0 Å². The van der Waals surface area contributed by atoms with Gasteiger partial charge in [0.1, 0.15) is 6.17 Å². The Labute approximate surface area is 191 Å². The molecule has 27 heavy (non-hydrogen) atoms. The Morgan fingerprint density at radius 3 is 2.00 bits per heavy atom. The van der Waals surface area contributed by atoms with Crippen LogP contribution >= 0.6 is 81.8 Å². The van der Waals surface area contributed by atoms with Crippen LogP contribution in [0.25, 0.3) is 0 Å². The Morgan fingerprint density at radius 2 is 1.44 bits per heavy atom. The van der Waals surface area contributed by atoms with E-state index in [0.717, 1.165) is 0 Å². The lowest BCUT2D eigenvalue weighted by Crippen LogP contribution is -2.56. The first-order valence-electron chi connectivity index (χ1n) is 7.23. The normalized spacial score (nSPS) is 12.2. The van der Waals surface area contributed by atoms with Gasteiger partial charge in [0.25, 0.3) is 5.91 Å². The van der Waals surface area contributed by atoms with Gasteiger partial charge in [-0.1, -0.05) is 87.8 Å². The number of para-hydroxylation sites is 1. The van der Waals surface area contributed by atoms with E-state index in [1.807, 2.05) is 0 Å². The number of benzene rings is 2. The van der Waals surface area contributed by atoms with Crippen molar-refractivity contribution in [2.24, 2.45) is 0 Å². The molecule has 0 fully saturated rings. The number of halogens is 6. The molecule has 11 heteroatoms. The second kappa shape index (κ2) is 9.70. The molecule has 4 nitrogen and oxygen atoms in total. The molecule has 0 saturated carbocycles. The Bertz CT molecular complexity index is 838. The van der Waals surface area contributed by atoms with Crippen molar-refractivity contribution < 1.29 is 4.79 Å². The van der Waals surface area contributed by atoms with Crippen LogP contribution in [0.1, 0.15) is 10.4 Å². The average molecular weight is 506 g/mol. The van der Waals surface area contributed by atoms with E-state index in [-0.39, 0.29) is 15.7 Å². The second-order valence-electron chi connectivity index (χ2n) is 5.12. The molecule has 0 aromatic heterocycles. The van der Waals surface area contributed by atoms with E-state index in [9.17, 15) is 4.79 Å². The van der Waals surface area contributed by atoms with Crippen molar-refractivity contribution >= 4 is 98.5 Å². The predicted molar refractivity (Wildman–Crippen MR) is 119 cm³/mol. The van der Waals surface area contributed by atoms with E-state index >= 15 is 0 Å². The molecule has 3 N–H and O–H groups in total. The third-order valence-corrected chi connectivity index (χ3v) is 5.03. The first kappa shape index (κ1) is 22.6. The van der Waals surface area contributed by atoms with E-state index in [0.29, 0.717) is 15.7 Å². The maximum absolute atomic E-state index is 12.5. The van der Waals surface area contributed by atoms with Crippen LogP contribution in [-0.2, 0) is 0 Å². The van der Waals surface area contributed by atoms with Crippen LogP contribution in [0.4, 0.5) is 5.69 Å². The van der Waals surface area contributed by atoms with E-state index in [1.165, 1.54) is 6.07 Å². The van der Waals surface area contributed by atoms with E-state index in [1.54, 1.807) is 36.4 Å². The summed E-state index contributed by atoms with van der Waals surface area (Å²) < 4.78 is -1.92. The summed E-state index contributed by atoms with van der Waals surface area (Å²) in [5, 5.41) is 9.03. The van der Waals surface area contributed by atoms with Gasteiger partial charge in [0.2, 0.25) is 3.79 Å². The number of amides is 1. The molecule has 0 aliphatic carbocycles. The molecule has 1 amide bonds. The molecule has 0 bridgehead atoms. The van der Waals surface area contributed by atoms with Crippen LogP contribution in [0.2, 0.25) is 15.1 Å². The number of nitrogens with one attached hydrogen (secondary N) is 3. The molecule has 0 aliphatic heterocycles. The molecule has 144 valence electrons. The number of carbonyl (C=O) groups is 1. The zero-order valence-electron chi connectivity index (χ0n) is 13.2. The third kappa shape index (κ3) is 6.43. The number of alkyl halides is 3. The average Bonchev–Trinajstić information content (AvgIpc) is 2.57. The minimum Gasteiger partial charge on any atom is -0.339 e. The van der Waals surface area contributed by atoms with Crippen LogP contribution in [0.15, 0.2) is 42.5 Å². The van der Waals surface area contributed by atoms with Gasteiger partial charge >= 0.3 is 0 Å². The van der Waals surface area contributed by atoms with Crippen LogP contribution < -0.4 is 16.0 Å². The van der Waals surface area contributed by atoms with Gasteiger partial charge < -0.3 is 16.0 Å². The molecular weight excluding hydrogens is 495 g/mol. The second-order valence-corrected chi connectivity index (χ2v) is 9.12. The maximum atomic E-state index is 12.5. The number of thiocarbonyl (C=S) groups is 1. The molecule has 1 unspecified atom stereocenters. The first-order valence-corrected chi connectivity index (χ1v) is 9.91.